The van der Waals surface area contributed by atoms with Crippen LogP contribution in [0.25, 0.3) is 0 Å². The zero-order chi connectivity index (χ0) is 48.8. The van der Waals surface area contributed by atoms with Gasteiger partial charge in [0.15, 0.2) is 0 Å². The summed E-state index contributed by atoms with van der Waals surface area (Å²) in [5.41, 5.74) is 0. The lowest BCUT2D eigenvalue weighted by molar-refractivity contribution is -0.123. The van der Waals surface area contributed by atoms with Crippen LogP contribution >= 0.6 is 11.8 Å². The van der Waals surface area contributed by atoms with Crippen LogP contribution in [0.4, 0.5) is 4.79 Å². The van der Waals surface area contributed by atoms with Crippen molar-refractivity contribution in [2.75, 3.05) is 71.6 Å². The van der Waals surface area contributed by atoms with E-state index in [0.717, 1.165) is 89.7 Å². The third-order valence-corrected chi connectivity index (χ3v) is 14.8. The highest BCUT2D eigenvalue weighted by Gasteiger charge is 2.42. The first-order chi connectivity index (χ1) is 33.4. The van der Waals surface area contributed by atoms with E-state index < -0.39 is 12.1 Å². The van der Waals surface area contributed by atoms with E-state index >= 15 is 0 Å². The van der Waals surface area contributed by atoms with Gasteiger partial charge in [-0.05, 0) is 64.5 Å². The van der Waals surface area contributed by atoms with Gasteiger partial charge in [-0.2, -0.15) is 11.8 Å². The molecule has 0 bridgehead atoms. The lowest BCUT2D eigenvalue weighted by Crippen LogP contribution is -2.45. The second-order valence-corrected chi connectivity index (χ2v) is 20.7. The summed E-state index contributed by atoms with van der Waals surface area (Å²) in [5, 5.41) is 36.0. The van der Waals surface area contributed by atoms with Crippen LogP contribution in [0.1, 0.15) is 212 Å². The highest BCUT2D eigenvalue weighted by molar-refractivity contribution is 8.00. The maximum atomic E-state index is 12.4. The minimum Gasteiger partial charge on any atom is -0.394 e. The maximum Gasteiger partial charge on any atom is 0.315 e. The molecule has 398 valence electrons. The fourth-order valence-corrected chi connectivity index (χ4v) is 10.6. The molecule has 4 amide bonds. The van der Waals surface area contributed by atoms with Crippen LogP contribution in [0.5, 0.6) is 0 Å². The first-order valence-electron chi connectivity index (χ1n) is 28.1. The van der Waals surface area contributed by atoms with E-state index in [9.17, 15) is 24.6 Å². The van der Waals surface area contributed by atoms with Crippen molar-refractivity contribution in [3.05, 3.63) is 12.2 Å². The van der Waals surface area contributed by atoms with Crippen LogP contribution in [0, 0.1) is 0 Å². The van der Waals surface area contributed by atoms with E-state index in [-0.39, 0.29) is 36.5 Å². The second kappa shape index (κ2) is 46.2. The smallest absolute Gasteiger partial charge is 0.315 e. The number of aliphatic hydroxyl groups excluding tert-OH is 2. The number of hydrogen-bond donors (Lipinski definition) is 7. The Bertz CT molecular complexity index is 1220. The number of rotatable bonds is 51. The Kier molecular flexibility index (Phi) is 42.2. The number of aliphatic hydroxyl groups is 2. The molecule has 68 heavy (non-hydrogen) atoms. The van der Waals surface area contributed by atoms with E-state index in [1.54, 1.807) is 6.08 Å². The van der Waals surface area contributed by atoms with Crippen molar-refractivity contribution in [3.8, 4) is 0 Å². The summed E-state index contributed by atoms with van der Waals surface area (Å²) in [6.45, 7) is 8.29. The molecule has 0 aromatic rings. The molecule has 0 aliphatic carbocycles. The Morgan fingerprint density at radius 2 is 1.13 bits per heavy atom. The van der Waals surface area contributed by atoms with Gasteiger partial charge in [-0.15, -0.1) is 0 Å². The van der Waals surface area contributed by atoms with Crippen LogP contribution in [0.2, 0.25) is 0 Å². The number of allylic oxidation sites excluding steroid dienone is 1. The monoisotopic (exact) mass is 982 g/mol. The summed E-state index contributed by atoms with van der Waals surface area (Å²) in [4.78, 5) is 36.1. The van der Waals surface area contributed by atoms with Crippen molar-refractivity contribution in [3.63, 3.8) is 0 Å². The molecule has 3 unspecified atom stereocenters. The van der Waals surface area contributed by atoms with E-state index in [1.165, 1.54) is 128 Å². The van der Waals surface area contributed by atoms with Crippen molar-refractivity contribution in [2.24, 2.45) is 0 Å². The largest absolute Gasteiger partial charge is 0.394 e. The van der Waals surface area contributed by atoms with Gasteiger partial charge >= 0.3 is 6.03 Å². The van der Waals surface area contributed by atoms with Crippen molar-refractivity contribution < 1.29 is 38.8 Å². The zero-order valence-electron chi connectivity index (χ0n) is 43.2. The van der Waals surface area contributed by atoms with Crippen LogP contribution in [-0.2, 0) is 23.8 Å². The molecule has 13 nitrogen and oxygen atoms in total. The van der Waals surface area contributed by atoms with Gasteiger partial charge in [-0.25, -0.2) is 4.79 Å². The Labute approximate surface area is 419 Å². The Morgan fingerprint density at radius 3 is 1.74 bits per heavy atom. The number of amides is 4. The number of thioether (sulfide) groups is 1. The fraction of sp³-hybridized carbons (Fsp3) is 0.907. The molecule has 14 heteroatoms. The van der Waals surface area contributed by atoms with Crippen LogP contribution in [0.15, 0.2) is 12.2 Å². The molecule has 0 aromatic heterocycles. The number of ether oxygens (including phenoxy) is 3. The summed E-state index contributed by atoms with van der Waals surface area (Å²) < 4.78 is 16.9. The Hall–Kier alpha value is -1.94. The van der Waals surface area contributed by atoms with Crippen LogP contribution in [0.3, 0.4) is 0 Å². The summed E-state index contributed by atoms with van der Waals surface area (Å²) in [6, 6.07) is -0.195. The van der Waals surface area contributed by atoms with E-state index in [0.29, 0.717) is 57.7 Å². The molecule has 2 aliphatic heterocycles. The molecule has 0 spiro atoms. The molecular weight excluding hydrogens is 879 g/mol. The SMILES string of the molecule is CCCCCCCCCCCCC/C=C/[C@@H](O)[C@H](CO)NC(=O)CCCCCCCCCCCCCCCNCCCOCCOCCOCCCNC(=O)CCCCC1SCC2NC(=O)NC21. The topological polar surface area (TPSA) is 180 Å². The molecule has 2 heterocycles. The normalized spacial score (nSPS) is 17.6. The molecule has 2 rings (SSSR count). The standard InChI is InChI=1S/C54H103N5O8S/c1-2-3-4-5-6-7-8-10-13-16-19-22-25-32-49(61)47(45-60)57-52(63)35-26-23-20-17-14-11-9-12-15-18-21-24-29-36-55-37-30-39-65-41-43-67-44-42-66-40-31-38-56-51(62)34-28-27-33-50-53-48(46-68-50)58-54(64)59-53/h25,32,47-50,53,55,60-61H,2-24,26-31,33-46H2,1H3,(H,56,62)(H,57,63)(H2,58,59,64)/b32-25+/t47-,48?,49+,50?,53?/m0/s1. The van der Waals surface area contributed by atoms with E-state index in [2.05, 4.69) is 33.5 Å². The first kappa shape index (κ1) is 62.2. The minimum absolute atomic E-state index is 0.0486. The lowest BCUT2D eigenvalue weighted by atomic mass is 10.0. The van der Waals surface area contributed by atoms with Crippen molar-refractivity contribution in [1.29, 1.82) is 0 Å². The van der Waals surface area contributed by atoms with Gasteiger partial charge in [-0.1, -0.05) is 160 Å². The van der Waals surface area contributed by atoms with Gasteiger partial charge in [0.05, 0.1) is 57.3 Å². The first-order valence-corrected chi connectivity index (χ1v) is 29.1. The molecule has 7 N–H and O–H groups in total. The quantitative estimate of drug-likeness (QED) is 0.0176. The van der Waals surface area contributed by atoms with Gasteiger partial charge in [0.2, 0.25) is 11.8 Å². The van der Waals surface area contributed by atoms with Gasteiger partial charge in [-0.3, -0.25) is 9.59 Å². The highest BCUT2D eigenvalue weighted by Crippen LogP contribution is 2.33. The molecule has 0 aromatic carbocycles. The van der Waals surface area contributed by atoms with E-state index in [4.69, 9.17) is 14.2 Å². The molecule has 5 atom stereocenters. The predicted octanol–water partition coefficient (Wildman–Crippen LogP) is 9.80. The Balaban J connectivity index is 1.20. The third-order valence-electron chi connectivity index (χ3n) is 13.3. The number of fused-ring (bicyclic) bond motifs is 1. The lowest BCUT2D eigenvalue weighted by Gasteiger charge is -2.20. The molecule has 0 radical (unpaired) electrons. The maximum absolute atomic E-state index is 12.4. The summed E-state index contributed by atoms with van der Waals surface area (Å²) in [7, 11) is 0. The number of urea groups is 1. The van der Waals surface area contributed by atoms with Crippen molar-refractivity contribution >= 4 is 29.6 Å². The summed E-state index contributed by atoms with van der Waals surface area (Å²) >= 11 is 1.92. The molecular formula is C54H103N5O8S. The van der Waals surface area contributed by atoms with Gasteiger partial charge in [0, 0.05) is 43.6 Å². The molecule has 2 fully saturated rings. The van der Waals surface area contributed by atoms with E-state index in [1.807, 2.05) is 17.8 Å². The summed E-state index contributed by atoms with van der Waals surface area (Å²) in [6.07, 6.45) is 40.0. The molecule has 2 saturated heterocycles. The number of nitrogens with one attached hydrogen (secondary N) is 5. The number of carbonyl (C=O) groups is 3. The van der Waals surface area contributed by atoms with Crippen molar-refractivity contribution in [1.82, 2.24) is 26.6 Å². The average molecular weight is 983 g/mol. The molecule has 2 aliphatic rings. The minimum atomic E-state index is -0.854. The third kappa shape index (κ3) is 36.1. The average Bonchev–Trinajstić information content (AvgIpc) is 3.90. The number of carbonyl (C=O) groups excluding carboxylic acids is 3. The van der Waals surface area contributed by atoms with Crippen molar-refractivity contribution in [2.45, 2.75) is 242 Å². The fourth-order valence-electron chi connectivity index (χ4n) is 9.02. The zero-order valence-corrected chi connectivity index (χ0v) is 44.0. The van der Waals surface area contributed by atoms with Gasteiger partial charge in [0.1, 0.15) is 0 Å². The second-order valence-electron chi connectivity index (χ2n) is 19.5. The summed E-state index contributed by atoms with van der Waals surface area (Å²) in [5.74, 6) is 0.988. The highest BCUT2D eigenvalue weighted by atomic mass is 32.2. The van der Waals surface area contributed by atoms with Gasteiger partial charge in [0.25, 0.3) is 0 Å². The van der Waals surface area contributed by atoms with Crippen LogP contribution < -0.4 is 26.6 Å². The number of unbranched alkanes of at least 4 members (excludes halogenated alkanes) is 24. The number of hydrogen-bond acceptors (Lipinski definition) is 10. The molecule has 0 saturated carbocycles. The predicted molar refractivity (Wildman–Crippen MR) is 281 cm³/mol. The Morgan fingerprint density at radius 1 is 0.632 bits per heavy atom. The van der Waals surface area contributed by atoms with Crippen LogP contribution in [-0.4, -0.2) is 129 Å². The van der Waals surface area contributed by atoms with Gasteiger partial charge < -0.3 is 51.0 Å².